The predicted octanol–water partition coefficient (Wildman–Crippen LogP) is 1.85. The molecule has 3 rings (SSSR count). The highest BCUT2D eigenvalue weighted by Gasteiger charge is 2.25. The molecule has 2 aromatic rings. The number of hydrogen-bond donors (Lipinski definition) is 2. The molecule has 0 spiro atoms. The van der Waals surface area contributed by atoms with Crippen molar-refractivity contribution < 1.29 is 19.1 Å². The lowest BCUT2D eigenvalue weighted by molar-refractivity contribution is -0.121. The molecule has 0 saturated heterocycles. The van der Waals surface area contributed by atoms with E-state index >= 15 is 0 Å². The van der Waals surface area contributed by atoms with Crippen molar-refractivity contribution >= 4 is 29.1 Å². The largest absolute Gasteiger partial charge is 0.482 e. The number of rotatable bonds is 5. The quantitative estimate of drug-likeness (QED) is 0.856. The summed E-state index contributed by atoms with van der Waals surface area (Å²) in [5.41, 5.74) is 7.80. The van der Waals surface area contributed by atoms with Crippen LogP contribution in [0.3, 0.4) is 0 Å². The van der Waals surface area contributed by atoms with Crippen molar-refractivity contribution in [2.45, 2.75) is 13.3 Å². The minimum absolute atomic E-state index is 0.0355. The fourth-order valence-electron chi connectivity index (χ4n) is 2.71. The van der Waals surface area contributed by atoms with Gasteiger partial charge in [-0.3, -0.25) is 14.4 Å². The van der Waals surface area contributed by atoms with Gasteiger partial charge in [-0.1, -0.05) is 6.07 Å². The van der Waals surface area contributed by atoms with Crippen LogP contribution in [0.5, 0.6) is 5.75 Å². The number of primary amides is 1. The van der Waals surface area contributed by atoms with Gasteiger partial charge in [0.1, 0.15) is 5.75 Å². The van der Waals surface area contributed by atoms with E-state index in [1.54, 1.807) is 29.2 Å². The maximum atomic E-state index is 12.2. The first-order chi connectivity index (χ1) is 12.4. The SMILES string of the molecule is Cc1ccc2c(c1)N(CCC(=O)Nc1ccc(C(N)=O)cc1)C(=O)CO2. The van der Waals surface area contributed by atoms with Gasteiger partial charge in [0.25, 0.3) is 5.91 Å². The molecule has 1 aliphatic rings. The van der Waals surface area contributed by atoms with Gasteiger partial charge in [0.05, 0.1) is 5.69 Å². The molecule has 0 saturated carbocycles. The number of carbonyl (C=O) groups excluding carboxylic acids is 3. The van der Waals surface area contributed by atoms with Gasteiger partial charge in [0.15, 0.2) is 6.61 Å². The molecule has 7 nitrogen and oxygen atoms in total. The summed E-state index contributed by atoms with van der Waals surface area (Å²) in [4.78, 5) is 37.0. The third kappa shape index (κ3) is 3.83. The van der Waals surface area contributed by atoms with E-state index in [9.17, 15) is 14.4 Å². The zero-order valence-corrected chi connectivity index (χ0v) is 14.3. The number of nitrogens with one attached hydrogen (secondary N) is 1. The number of hydrogen-bond acceptors (Lipinski definition) is 4. The van der Waals surface area contributed by atoms with E-state index in [4.69, 9.17) is 10.5 Å². The molecule has 0 fully saturated rings. The average molecular weight is 353 g/mol. The number of nitrogens with two attached hydrogens (primary N) is 1. The molecule has 0 aromatic heterocycles. The number of nitrogens with zero attached hydrogens (tertiary/aromatic N) is 1. The van der Waals surface area contributed by atoms with Crippen LogP contribution < -0.4 is 20.7 Å². The first-order valence-corrected chi connectivity index (χ1v) is 8.17. The molecule has 0 atom stereocenters. The number of ether oxygens (including phenoxy) is 1. The Morgan fingerprint density at radius 2 is 1.92 bits per heavy atom. The highest BCUT2D eigenvalue weighted by Crippen LogP contribution is 2.32. The normalized spacial score (nSPS) is 13.0. The summed E-state index contributed by atoms with van der Waals surface area (Å²) in [6.45, 7) is 2.15. The maximum Gasteiger partial charge on any atom is 0.265 e. The van der Waals surface area contributed by atoms with Crippen molar-refractivity contribution in [2.75, 3.05) is 23.4 Å². The van der Waals surface area contributed by atoms with Crippen molar-refractivity contribution in [3.63, 3.8) is 0 Å². The van der Waals surface area contributed by atoms with E-state index in [0.717, 1.165) is 5.56 Å². The van der Waals surface area contributed by atoms with Crippen LogP contribution >= 0.6 is 0 Å². The molecular weight excluding hydrogens is 334 g/mol. The molecule has 3 N–H and O–H groups in total. The third-order valence-corrected chi connectivity index (χ3v) is 4.07. The van der Waals surface area contributed by atoms with E-state index in [1.165, 1.54) is 0 Å². The standard InChI is InChI=1S/C19H19N3O4/c1-12-2-7-16-15(10-12)22(18(24)11-26-16)9-8-17(23)21-14-5-3-13(4-6-14)19(20)25/h2-7,10H,8-9,11H2,1H3,(H2,20,25)(H,21,23). The molecule has 0 unspecified atom stereocenters. The van der Waals surface area contributed by atoms with Crippen molar-refractivity contribution in [3.8, 4) is 5.75 Å². The molecule has 1 aliphatic heterocycles. The molecule has 26 heavy (non-hydrogen) atoms. The number of benzene rings is 2. The Bertz CT molecular complexity index is 862. The smallest absolute Gasteiger partial charge is 0.265 e. The van der Waals surface area contributed by atoms with Gasteiger partial charge < -0.3 is 20.7 Å². The third-order valence-electron chi connectivity index (χ3n) is 4.07. The second-order valence-corrected chi connectivity index (χ2v) is 6.05. The minimum Gasteiger partial charge on any atom is -0.482 e. The van der Waals surface area contributed by atoms with Gasteiger partial charge in [-0.15, -0.1) is 0 Å². The Balaban J connectivity index is 1.63. The number of amides is 3. The van der Waals surface area contributed by atoms with Gasteiger partial charge in [-0.25, -0.2) is 0 Å². The van der Waals surface area contributed by atoms with E-state index in [2.05, 4.69) is 5.32 Å². The van der Waals surface area contributed by atoms with Crippen LogP contribution in [0.2, 0.25) is 0 Å². The van der Waals surface area contributed by atoms with Gasteiger partial charge in [-0.2, -0.15) is 0 Å². The summed E-state index contributed by atoms with van der Waals surface area (Å²) in [5, 5.41) is 2.74. The van der Waals surface area contributed by atoms with Crippen molar-refractivity contribution in [1.82, 2.24) is 0 Å². The van der Waals surface area contributed by atoms with Crippen molar-refractivity contribution in [2.24, 2.45) is 5.73 Å². The van der Waals surface area contributed by atoms with Crippen LogP contribution in [0.25, 0.3) is 0 Å². The van der Waals surface area contributed by atoms with Gasteiger partial charge >= 0.3 is 0 Å². The lowest BCUT2D eigenvalue weighted by Crippen LogP contribution is -2.40. The number of aryl methyl sites for hydroxylation is 1. The zero-order chi connectivity index (χ0) is 18.7. The van der Waals surface area contributed by atoms with Crippen LogP contribution in [-0.4, -0.2) is 30.9 Å². The average Bonchev–Trinajstić information content (AvgIpc) is 2.61. The monoisotopic (exact) mass is 353 g/mol. The summed E-state index contributed by atoms with van der Waals surface area (Å²) >= 11 is 0. The Kier molecular flexibility index (Phi) is 4.88. The topological polar surface area (TPSA) is 102 Å². The summed E-state index contributed by atoms with van der Waals surface area (Å²) in [5.74, 6) is -0.299. The minimum atomic E-state index is -0.525. The Morgan fingerprint density at radius 3 is 2.62 bits per heavy atom. The van der Waals surface area contributed by atoms with Gasteiger partial charge in [0.2, 0.25) is 11.8 Å². The molecule has 0 radical (unpaired) electrons. The molecule has 7 heteroatoms. The predicted molar refractivity (Wildman–Crippen MR) is 97.2 cm³/mol. The lowest BCUT2D eigenvalue weighted by atomic mass is 10.1. The Labute approximate surface area is 150 Å². The summed E-state index contributed by atoms with van der Waals surface area (Å²) in [7, 11) is 0. The molecule has 134 valence electrons. The van der Waals surface area contributed by atoms with E-state index in [1.807, 2.05) is 25.1 Å². The molecule has 0 bridgehead atoms. The Hall–Kier alpha value is -3.35. The van der Waals surface area contributed by atoms with Crippen LogP contribution in [0.4, 0.5) is 11.4 Å². The van der Waals surface area contributed by atoms with Crippen molar-refractivity contribution in [3.05, 3.63) is 53.6 Å². The van der Waals surface area contributed by atoms with E-state index in [-0.39, 0.29) is 31.4 Å². The molecule has 0 aliphatic carbocycles. The summed E-state index contributed by atoms with van der Waals surface area (Å²) in [6.07, 6.45) is 0.136. The fourth-order valence-corrected chi connectivity index (χ4v) is 2.71. The second-order valence-electron chi connectivity index (χ2n) is 6.05. The highest BCUT2D eigenvalue weighted by molar-refractivity contribution is 5.99. The van der Waals surface area contributed by atoms with E-state index in [0.29, 0.717) is 22.7 Å². The van der Waals surface area contributed by atoms with Crippen LogP contribution in [-0.2, 0) is 9.59 Å². The summed E-state index contributed by atoms with van der Waals surface area (Å²) < 4.78 is 5.42. The number of carbonyl (C=O) groups is 3. The first kappa shape index (κ1) is 17.5. The molecular formula is C19H19N3O4. The molecule has 3 amide bonds. The fraction of sp³-hybridized carbons (Fsp3) is 0.211. The van der Waals surface area contributed by atoms with Crippen LogP contribution in [0.1, 0.15) is 22.3 Å². The van der Waals surface area contributed by atoms with Crippen LogP contribution in [0.15, 0.2) is 42.5 Å². The summed E-state index contributed by atoms with van der Waals surface area (Å²) in [6, 6.07) is 11.9. The first-order valence-electron chi connectivity index (χ1n) is 8.17. The molecule has 1 heterocycles. The Morgan fingerprint density at radius 1 is 1.19 bits per heavy atom. The van der Waals surface area contributed by atoms with Crippen LogP contribution in [0, 0.1) is 6.92 Å². The van der Waals surface area contributed by atoms with Crippen molar-refractivity contribution in [1.29, 1.82) is 0 Å². The van der Waals surface area contributed by atoms with E-state index < -0.39 is 5.91 Å². The van der Waals surface area contributed by atoms with Gasteiger partial charge in [-0.05, 0) is 48.9 Å². The molecule has 2 aromatic carbocycles. The number of fused-ring (bicyclic) bond motifs is 1. The second kappa shape index (κ2) is 7.26. The number of anilines is 2. The highest BCUT2D eigenvalue weighted by atomic mass is 16.5. The van der Waals surface area contributed by atoms with Gasteiger partial charge in [0, 0.05) is 24.2 Å². The maximum absolute atomic E-state index is 12.2. The lowest BCUT2D eigenvalue weighted by Gasteiger charge is -2.29. The zero-order valence-electron chi connectivity index (χ0n) is 14.3.